The summed E-state index contributed by atoms with van der Waals surface area (Å²) in [4.78, 5) is 0. The SMILES string of the molecule is C(CCCCCCCCCC1CO1)CCCCCCCCCC1CO1. The summed E-state index contributed by atoms with van der Waals surface area (Å²) < 4.78 is 10.5. The minimum Gasteiger partial charge on any atom is -0.373 e. The average molecular weight is 353 g/mol. The fourth-order valence-corrected chi connectivity index (χ4v) is 3.87. The van der Waals surface area contributed by atoms with Crippen molar-refractivity contribution >= 4 is 0 Å². The molecule has 0 bridgehead atoms. The summed E-state index contributed by atoms with van der Waals surface area (Å²) in [7, 11) is 0. The molecule has 0 radical (unpaired) electrons. The second kappa shape index (κ2) is 15.0. The molecule has 0 N–H and O–H groups in total. The van der Waals surface area contributed by atoms with Gasteiger partial charge in [0.25, 0.3) is 0 Å². The Morgan fingerprint density at radius 3 is 0.760 bits per heavy atom. The molecule has 0 saturated carbocycles. The van der Waals surface area contributed by atoms with Crippen LogP contribution in [0.4, 0.5) is 0 Å². The largest absolute Gasteiger partial charge is 0.373 e. The summed E-state index contributed by atoms with van der Waals surface area (Å²) in [6.07, 6.45) is 28.6. The molecule has 0 amide bonds. The van der Waals surface area contributed by atoms with Crippen LogP contribution >= 0.6 is 0 Å². The third kappa shape index (κ3) is 14.7. The van der Waals surface area contributed by atoms with Crippen LogP contribution in [0.2, 0.25) is 0 Å². The van der Waals surface area contributed by atoms with Gasteiger partial charge in [-0.3, -0.25) is 0 Å². The summed E-state index contributed by atoms with van der Waals surface area (Å²) in [5.74, 6) is 0. The van der Waals surface area contributed by atoms with E-state index < -0.39 is 0 Å². The van der Waals surface area contributed by atoms with E-state index in [9.17, 15) is 0 Å². The van der Waals surface area contributed by atoms with Crippen molar-refractivity contribution in [3.63, 3.8) is 0 Å². The van der Waals surface area contributed by atoms with Gasteiger partial charge in [0.1, 0.15) is 0 Å². The van der Waals surface area contributed by atoms with Gasteiger partial charge in [-0.1, -0.05) is 109 Å². The van der Waals surface area contributed by atoms with Gasteiger partial charge in [-0.05, 0) is 12.8 Å². The maximum Gasteiger partial charge on any atom is 0.0810 e. The second-order valence-electron chi connectivity index (χ2n) is 8.50. The van der Waals surface area contributed by atoms with Crippen molar-refractivity contribution < 1.29 is 9.47 Å². The van der Waals surface area contributed by atoms with Gasteiger partial charge in [-0.15, -0.1) is 0 Å². The van der Waals surface area contributed by atoms with Gasteiger partial charge >= 0.3 is 0 Å². The molecule has 2 saturated heterocycles. The Morgan fingerprint density at radius 2 is 0.560 bits per heavy atom. The number of hydrogen-bond acceptors (Lipinski definition) is 2. The van der Waals surface area contributed by atoms with Crippen LogP contribution in [0.5, 0.6) is 0 Å². The Kier molecular flexibility index (Phi) is 12.8. The molecule has 148 valence electrons. The highest BCUT2D eigenvalue weighted by Crippen LogP contribution is 2.19. The molecule has 2 fully saturated rings. The van der Waals surface area contributed by atoms with Crippen LogP contribution in [0.25, 0.3) is 0 Å². The molecule has 2 aliphatic rings. The van der Waals surface area contributed by atoms with E-state index in [0.29, 0.717) is 12.2 Å². The lowest BCUT2D eigenvalue weighted by atomic mass is 10.0. The number of unbranched alkanes of at least 4 members (excludes halogenated alkanes) is 16. The van der Waals surface area contributed by atoms with E-state index in [1.165, 1.54) is 122 Å². The van der Waals surface area contributed by atoms with E-state index in [1.807, 2.05) is 0 Å². The maximum atomic E-state index is 5.25. The van der Waals surface area contributed by atoms with Gasteiger partial charge in [0, 0.05) is 0 Å². The predicted molar refractivity (Wildman–Crippen MR) is 107 cm³/mol. The minimum atomic E-state index is 0.646. The first-order chi connectivity index (χ1) is 12.4. The highest BCUT2D eigenvalue weighted by atomic mass is 16.6. The molecule has 2 rings (SSSR count). The zero-order valence-electron chi connectivity index (χ0n) is 16.8. The molecule has 2 heterocycles. The van der Waals surface area contributed by atoms with Crippen molar-refractivity contribution in [3.05, 3.63) is 0 Å². The van der Waals surface area contributed by atoms with E-state index in [-0.39, 0.29) is 0 Å². The highest BCUT2D eigenvalue weighted by molar-refractivity contribution is 4.68. The smallest absolute Gasteiger partial charge is 0.0810 e. The summed E-state index contributed by atoms with van der Waals surface area (Å²) in [5, 5.41) is 0. The van der Waals surface area contributed by atoms with Crippen molar-refractivity contribution in [2.45, 2.75) is 134 Å². The lowest BCUT2D eigenvalue weighted by molar-refractivity contribution is 0.387. The molecule has 2 nitrogen and oxygen atoms in total. The summed E-state index contributed by atoms with van der Waals surface area (Å²) in [6.45, 7) is 2.08. The van der Waals surface area contributed by atoms with Crippen molar-refractivity contribution in [2.75, 3.05) is 13.2 Å². The van der Waals surface area contributed by atoms with Gasteiger partial charge < -0.3 is 9.47 Å². The van der Waals surface area contributed by atoms with Crippen LogP contribution in [0, 0.1) is 0 Å². The van der Waals surface area contributed by atoms with Gasteiger partial charge in [0.05, 0.1) is 25.4 Å². The Labute approximate surface area is 157 Å². The van der Waals surface area contributed by atoms with Gasteiger partial charge in [-0.25, -0.2) is 0 Å². The molecule has 0 spiro atoms. The first kappa shape index (κ1) is 21.2. The van der Waals surface area contributed by atoms with Crippen LogP contribution in [0.1, 0.15) is 122 Å². The molecule has 0 aromatic heterocycles. The molecule has 2 unspecified atom stereocenters. The van der Waals surface area contributed by atoms with E-state index in [0.717, 1.165) is 13.2 Å². The minimum absolute atomic E-state index is 0.646. The van der Waals surface area contributed by atoms with Crippen LogP contribution in [-0.4, -0.2) is 25.4 Å². The lowest BCUT2D eigenvalue weighted by Crippen LogP contribution is -1.87. The first-order valence-corrected chi connectivity index (χ1v) is 11.7. The number of epoxide rings is 2. The van der Waals surface area contributed by atoms with E-state index in [4.69, 9.17) is 9.47 Å². The molecule has 2 aliphatic heterocycles. The highest BCUT2D eigenvalue weighted by Gasteiger charge is 2.21. The summed E-state index contributed by atoms with van der Waals surface area (Å²) in [6, 6.07) is 0. The van der Waals surface area contributed by atoms with Crippen LogP contribution < -0.4 is 0 Å². The Balaban J connectivity index is 1.14. The van der Waals surface area contributed by atoms with Crippen LogP contribution in [0.3, 0.4) is 0 Å². The predicted octanol–water partition coefficient (Wildman–Crippen LogP) is 7.20. The van der Waals surface area contributed by atoms with Gasteiger partial charge in [-0.2, -0.15) is 0 Å². The molecular weight excluding hydrogens is 308 g/mol. The van der Waals surface area contributed by atoms with E-state index in [1.54, 1.807) is 0 Å². The van der Waals surface area contributed by atoms with Crippen molar-refractivity contribution in [2.24, 2.45) is 0 Å². The van der Waals surface area contributed by atoms with Crippen LogP contribution in [-0.2, 0) is 9.47 Å². The fourth-order valence-electron chi connectivity index (χ4n) is 3.87. The third-order valence-corrected chi connectivity index (χ3v) is 5.86. The zero-order chi connectivity index (χ0) is 17.4. The molecule has 0 aliphatic carbocycles. The third-order valence-electron chi connectivity index (χ3n) is 5.86. The standard InChI is InChI=1S/C23H44O2/c1(2-4-6-8-10-12-14-16-18-22-20-24-22)3-5-7-9-11-13-15-17-19-23-21-25-23/h22-23H,1-21H2. The van der Waals surface area contributed by atoms with Crippen molar-refractivity contribution in [3.8, 4) is 0 Å². The second-order valence-corrected chi connectivity index (χ2v) is 8.50. The van der Waals surface area contributed by atoms with Crippen molar-refractivity contribution in [1.82, 2.24) is 0 Å². The lowest BCUT2D eigenvalue weighted by Gasteiger charge is -2.04. The Bertz CT molecular complexity index is 256. The van der Waals surface area contributed by atoms with E-state index in [2.05, 4.69) is 0 Å². The average Bonchev–Trinajstić information content (AvgIpc) is 3.52. The van der Waals surface area contributed by atoms with E-state index >= 15 is 0 Å². The Morgan fingerprint density at radius 1 is 0.360 bits per heavy atom. The zero-order valence-corrected chi connectivity index (χ0v) is 16.8. The maximum absolute atomic E-state index is 5.25. The summed E-state index contributed by atoms with van der Waals surface area (Å²) >= 11 is 0. The van der Waals surface area contributed by atoms with Crippen LogP contribution in [0.15, 0.2) is 0 Å². The molecule has 0 aromatic rings. The summed E-state index contributed by atoms with van der Waals surface area (Å²) in [5.41, 5.74) is 0. The van der Waals surface area contributed by atoms with Gasteiger partial charge in [0.2, 0.25) is 0 Å². The first-order valence-electron chi connectivity index (χ1n) is 11.7. The Hall–Kier alpha value is -0.0800. The molecule has 25 heavy (non-hydrogen) atoms. The molecular formula is C23H44O2. The van der Waals surface area contributed by atoms with Crippen molar-refractivity contribution in [1.29, 1.82) is 0 Å². The number of rotatable bonds is 20. The molecule has 0 aromatic carbocycles. The molecule has 2 atom stereocenters. The topological polar surface area (TPSA) is 25.1 Å². The monoisotopic (exact) mass is 352 g/mol. The fraction of sp³-hybridized carbons (Fsp3) is 1.00. The van der Waals surface area contributed by atoms with Gasteiger partial charge in [0.15, 0.2) is 0 Å². The number of hydrogen-bond donors (Lipinski definition) is 0. The molecule has 2 heteroatoms. The quantitative estimate of drug-likeness (QED) is 0.171. The number of ether oxygens (including phenoxy) is 2. The normalized spacial score (nSPS) is 21.6.